The van der Waals surface area contributed by atoms with Gasteiger partial charge in [-0.2, -0.15) is 0 Å². The maximum atomic E-state index is 12.0. The highest BCUT2D eigenvalue weighted by Crippen LogP contribution is 2.20. The minimum atomic E-state index is -3.44. The van der Waals surface area contributed by atoms with Crippen LogP contribution in [0, 0.1) is 13.8 Å². The van der Waals surface area contributed by atoms with Crippen LogP contribution >= 0.6 is 0 Å². The fourth-order valence-electron chi connectivity index (χ4n) is 1.48. The minimum absolute atomic E-state index is 0.286. The first-order chi connectivity index (χ1) is 7.73. The van der Waals surface area contributed by atoms with E-state index in [0.717, 1.165) is 3.97 Å². The lowest BCUT2D eigenvalue weighted by Gasteiger charge is -2.10. The molecule has 1 aromatic heterocycles. The molecule has 0 aliphatic carbocycles. The molecule has 0 bridgehead atoms. The first-order valence-electron chi connectivity index (χ1n) is 5.24. The van der Waals surface area contributed by atoms with Crippen LogP contribution in [0.15, 0.2) is 6.20 Å². The van der Waals surface area contributed by atoms with Crippen LogP contribution in [0.25, 0.3) is 0 Å². The molecular formula is C11H17NO4S. The zero-order valence-corrected chi connectivity index (χ0v) is 11.5. The van der Waals surface area contributed by atoms with Crippen LogP contribution < -0.4 is 0 Å². The highest BCUT2D eigenvalue weighted by atomic mass is 32.2. The summed E-state index contributed by atoms with van der Waals surface area (Å²) in [6.45, 7) is 6.57. The van der Waals surface area contributed by atoms with E-state index >= 15 is 0 Å². The van der Waals surface area contributed by atoms with Gasteiger partial charge in [-0.15, -0.1) is 0 Å². The van der Waals surface area contributed by atoms with Crippen LogP contribution in [0.3, 0.4) is 0 Å². The molecule has 0 fully saturated rings. The summed E-state index contributed by atoms with van der Waals surface area (Å²) in [6.07, 6.45) is 1.33. The molecule has 1 heterocycles. The van der Waals surface area contributed by atoms with Crippen LogP contribution in [-0.2, 0) is 14.8 Å². The number of rotatable bonds is 3. The molecule has 0 aromatic carbocycles. The maximum Gasteiger partial charge on any atom is 0.339 e. The highest BCUT2D eigenvalue weighted by Gasteiger charge is 2.25. The Kier molecular flexibility index (Phi) is 3.66. The number of aromatic nitrogens is 1. The molecule has 1 aromatic rings. The van der Waals surface area contributed by atoms with E-state index in [-0.39, 0.29) is 5.56 Å². The summed E-state index contributed by atoms with van der Waals surface area (Å²) in [7, 11) is -2.17. The van der Waals surface area contributed by atoms with Crippen molar-refractivity contribution >= 4 is 16.0 Å². The lowest BCUT2D eigenvalue weighted by Crippen LogP contribution is -2.22. The molecule has 17 heavy (non-hydrogen) atoms. The monoisotopic (exact) mass is 259 g/mol. The second kappa shape index (κ2) is 4.52. The van der Waals surface area contributed by atoms with Gasteiger partial charge in [0.2, 0.25) is 10.0 Å². The van der Waals surface area contributed by atoms with Crippen molar-refractivity contribution in [3.63, 3.8) is 0 Å². The van der Waals surface area contributed by atoms with Gasteiger partial charge in [-0.1, -0.05) is 0 Å². The SMILES string of the molecule is COC(=O)c1cn(S(=O)(=O)C(C)C)c(C)c1C. The molecule has 0 saturated carbocycles. The standard InChI is InChI=1S/C11H17NO4S/c1-7(2)17(14,15)12-6-10(11(13)16-5)8(3)9(12)4/h6-7H,1-5H3. The highest BCUT2D eigenvalue weighted by molar-refractivity contribution is 7.90. The maximum absolute atomic E-state index is 12.0. The van der Waals surface area contributed by atoms with Crippen molar-refractivity contribution < 1.29 is 17.9 Å². The lowest BCUT2D eigenvalue weighted by atomic mass is 10.2. The number of methoxy groups -OCH3 is 1. The normalized spacial score (nSPS) is 11.9. The van der Waals surface area contributed by atoms with Crippen LogP contribution in [0.2, 0.25) is 0 Å². The topological polar surface area (TPSA) is 65.4 Å². The Hall–Kier alpha value is -1.30. The van der Waals surface area contributed by atoms with E-state index in [1.54, 1.807) is 27.7 Å². The van der Waals surface area contributed by atoms with Gasteiger partial charge in [0.1, 0.15) is 0 Å². The molecule has 0 aliphatic heterocycles. The number of carbonyl (C=O) groups excluding carboxylic acids is 1. The molecule has 96 valence electrons. The summed E-state index contributed by atoms with van der Waals surface area (Å²) in [5.74, 6) is -0.525. The fraction of sp³-hybridized carbons (Fsp3) is 0.545. The predicted molar refractivity (Wildman–Crippen MR) is 64.7 cm³/mol. The van der Waals surface area contributed by atoms with Gasteiger partial charge in [0.15, 0.2) is 0 Å². The van der Waals surface area contributed by atoms with Crippen LogP contribution in [0.5, 0.6) is 0 Å². The van der Waals surface area contributed by atoms with E-state index in [1.165, 1.54) is 13.3 Å². The summed E-state index contributed by atoms with van der Waals surface area (Å²) >= 11 is 0. The van der Waals surface area contributed by atoms with Gasteiger partial charge >= 0.3 is 5.97 Å². The lowest BCUT2D eigenvalue weighted by molar-refractivity contribution is 0.0600. The number of hydrogen-bond acceptors (Lipinski definition) is 4. The predicted octanol–water partition coefficient (Wildman–Crippen LogP) is 1.48. The van der Waals surface area contributed by atoms with E-state index in [0.29, 0.717) is 11.3 Å². The number of ether oxygens (including phenoxy) is 1. The third-order valence-corrected chi connectivity index (χ3v) is 4.92. The first-order valence-corrected chi connectivity index (χ1v) is 6.75. The summed E-state index contributed by atoms with van der Waals surface area (Å²) in [4.78, 5) is 11.5. The zero-order valence-electron chi connectivity index (χ0n) is 10.6. The van der Waals surface area contributed by atoms with E-state index in [2.05, 4.69) is 4.74 Å². The Morgan fingerprint density at radius 1 is 1.35 bits per heavy atom. The first kappa shape index (κ1) is 13.8. The Labute approximate surface area is 101 Å². The Bertz CT molecular complexity index is 540. The van der Waals surface area contributed by atoms with Gasteiger partial charge in [0.05, 0.1) is 17.9 Å². The zero-order chi connectivity index (χ0) is 13.4. The molecule has 0 unspecified atom stereocenters. The molecule has 0 N–H and O–H groups in total. The van der Waals surface area contributed by atoms with E-state index < -0.39 is 21.2 Å². The number of carbonyl (C=O) groups is 1. The van der Waals surface area contributed by atoms with Crippen molar-refractivity contribution in [2.24, 2.45) is 0 Å². The van der Waals surface area contributed by atoms with Crippen LogP contribution in [0.1, 0.15) is 35.5 Å². The van der Waals surface area contributed by atoms with Crippen LogP contribution in [0.4, 0.5) is 0 Å². The molecule has 0 aliphatic rings. The largest absolute Gasteiger partial charge is 0.465 e. The smallest absolute Gasteiger partial charge is 0.339 e. The third kappa shape index (κ3) is 2.22. The van der Waals surface area contributed by atoms with Crippen molar-refractivity contribution in [2.45, 2.75) is 32.9 Å². The van der Waals surface area contributed by atoms with E-state index in [4.69, 9.17) is 0 Å². The second-order valence-corrected chi connectivity index (χ2v) is 6.50. The molecule has 0 amide bonds. The van der Waals surface area contributed by atoms with Gasteiger partial charge in [-0.3, -0.25) is 0 Å². The molecular weight excluding hydrogens is 242 g/mol. The molecule has 6 heteroatoms. The second-order valence-electron chi connectivity index (χ2n) is 4.13. The number of hydrogen-bond donors (Lipinski definition) is 0. The van der Waals surface area contributed by atoms with Crippen molar-refractivity contribution in [3.05, 3.63) is 23.0 Å². The van der Waals surface area contributed by atoms with Crippen LogP contribution in [-0.4, -0.2) is 30.7 Å². The van der Waals surface area contributed by atoms with Gasteiger partial charge < -0.3 is 4.74 Å². The van der Waals surface area contributed by atoms with E-state index in [1.807, 2.05) is 0 Å². The molecule has 5 nitrogen and oxygen atoms in total. The molecule has 0 radical (unpaired) electrons. The molecule has 0 spiro atoms. The number of nitrogens with zero attached hydrogens (tertiary/aromatic N) is 1. The quantitative estimate of drug-likeness (QED) is 0.771. The average molecular weight is 259 g/mol. The Morgan fingerprint density at radius 3 is 2.29 bits per heavy atom. The van der Waals surface area contributed by atoms with Crippen molar-refractivity contribution in [1.82, 2.24) is 3.97 Å². The summed E-state index contributed by atoms with van der Waals surface area (Å²) in [6, 6.07) is 0. The molecule has 0 saturated heterocycles. The van der Waals surface area contributed by atoms with E-state index in [9.17, 15) is 13.2 Å². The third-order valence-electron chi connectivity index (χ3n) is 2.80. The van der Waals surface area contributed by atoms with Gasteiger partial charge in [0, 0.05) is 11.9 Å². The molecule has 0 atom stereocenters. The summed E-state index contributed by atoms with van der Waals surface area (Å²) in [5, 5.41) is -0.543. The van der Waals surface area contributed by atoms with Gasteiger partial charge in [-0.05, 0) is 33.3 Å². The fourth-order valence-corrected chi connectivity index (χ4v) is 2.70. The Morgan fingerprint density at radius 2 is 1.88 bits per heavy atom. The molecule has 1 rings (SSSR count). The number of esters is 1. The summed E-state index contributed by atoms with van der Waals surface area (Å²) < 4.78 is 29.8. The van der Waals surface area contributed by atoms with Crippen molar-refractivity contribution in [3.8, 4) is 0 Å². The summed E-state index contributed by atoms with van der Waals surface area (Å²) in [5.41, 5.74) is 1.45. The average Bonchev–Trinajstić information content (AvgIpc) is 2.55. The Balaban J connectivity index is 3.45. The minimum Gasteiger partial charge on any atom is -0.465 e. The van der Waals surface area contributed by atoms with Crippen molar-refractivity contribution in [2.75, 3.05) is 7.11 Å². The van der Waals surface area contributed by atoms with Gasteiger partial charge in [0.25, 0.3) is 0 Å². The van der Waals surface area contributed by atoms with Gasteiger partial charge in [-0.25, -0.2) is 17.2 Å². The van der Waals surface area contributed by atoms with Crippen molar-refractivity contribution in [1.29, 1.82) is 0 Å².